The van der Waals surface area contributed by atoms with Crippen molar-refractivity contribution in [3.63, 3.8) is 0 Å². The van der Waals surface area contributed by atoms with E-state index in [0.717, 1.165) is 23.5 Å². The number of alkyl halides is 2. The molecule has 126 valence electrons. The number of hydrogen-bond acceptors (Lipinski definition) is 1. The highest BCUT2D eigenvalue weighted by molar-refractivity contribution is 9.09. The summed E-state index contributed by atoms with van der Waals surface area (Å²) in [6.45, 7) is 9.25. The minimum atomic E-state index is 0.495. The van der Waals surface area contributed by atoms with Crippen LogP contribution in [0.5, 0.6) is 0 Å². The highest BCUT2D eigenvalue weighted by Crippen LogP contribution is 2.50. The van der Waals surface area contributed by atoms with E-state index >= 15 is 0 Å². The number of fused-ring (bicyclic) bond motifs is 1. The van der Waals surface area contributed by atoms with Crippen LogP contribution in [0, 0.1) is 41.4 Å². The van der Waals surface area contributed by atoms with Gasteiger partial charge in [-0.1, -0.05) is 64.3 Å². The molecule has 1 nitrogen and oxygen atoms in total. The van der Waals surface area contributed by atoms with Crippen LogP contribution in [-0.4, -0.2) is 16.4 Å². The molecule has 0 radical (unpaired) electrons. The van der Waals surface area contributed by atoms with Gasteiger partial charge in [0.25, 0.3) is 0 Å². The Morgan fingerprint density at radius 1 is 1.09 bits per heavy atom. The molecular weight excluding hydrogens is 404 g/mol. The molecule has 0 aromatic carbocycles. The van der Waals surface area contributed by atoms with E-state index < -0.39 is 0 Å². The Kier molecular flexibility index (Phi) is 6.77. The van der Waals surface area contributed by atoms with Crippen molar-refractivity contribution in [3.8, 4) is 0 Å². The zero-order valence-electron chi connectivity index (χ0n) is 14.3. The summed E-state index contributed by atoms with van der Waals surface area (Å²) in [5.41, 5.74) is 1.54. The van der Waals surface area contributed by atoms with Crippen LogP contribution in [-0.2, 0) is 4.79 Å². The number of hydrogen-bond donors (Lipinski definition) is 0. The molecule has 0 N–H and O–H groups in total. The fourth-order valence-corrected chi connectivity index (χ4v) is 6.46. The van der Waals surface area contributed by atoms with Gasteiger partial charge in [0.1, 0.15) is 5.78 Å². The second-order valence-electron chi connectivity index (χ2n) is 7.93. The third kappa shape index (κ3) is 3.88. The minimum Gasteiger partial charge on any atom is -0.300 e. The highest BCUT2D eigenvalue weighted by atomic mass is 79.9. The summed E-state index contributed by atoms with van der Waals surface area (Å²) in [5, 5.41) is 2.05. The molecule has 6 atom stereocenters. The number of rotatable bonds is 5. The standard InChI is InChI=1S/C19H30Br2O/c1-11(2)19(10-21)17-6-12(3)5-16-15(13(4)9-20)7-14(22)8-18(16)17/h5,11,13,15-19H,6-10H2,1-4H3/t13-,15+,16-,17-,18+,19-/m1/s1. The van der Waals surface area contributed by atoms with Crippen LogP contribution in [0.3, 0.4) is 0 Å². The Hall–Kier alpha value is 0.370. The predicted molar refractivity (Wildman–Crippen MR) is 102 cm³/mol. The number of ketones is 1. The zero-order chi connectivity index (χ0) is 16.4. The van der Waals surface area contributed by atoms with Gasteiger partial charge in [-0.15, -0.1) is 0 Å². The van der Waals surface area contributed by atoms with Gasteiger partial charge in [0, 0.05) is 23.5 Å². The molecule has 3 heteroatoms. The van der Waals surface area contributed by atoms with E-state index in [9.17, 15) is 4.79 Å². The smallest absolute Gasteiger partial charge is 0.133 e. The lowest BCUT2D eigenvalue weighted by Gasteiger charge is -2.48. The molecule has 0 aromatic heterocycles. The number of halogens is 2. The van der Waals surface area contributed by atoms with Gasteiger partial charge in [-0.25, -0.2) is 0 Å². The second-order valence-corrected chi connectivity index (χ2v) is 9.22. The van der Waals surface area contributed by atoms with Crippen LogP contribution < -0.4 is 0 Å². The summed E-state index contributed by atoms with van der Waals surface area (Å²) in [6.07, 6.45) is 5.29. The number of carbonyl (C=O) groups excluding carboxylic acids is 1. The monoisotopic (exact) mass is 432 g/mol. The first-order valence-corrected chi connectivity index (χ1v) is 10.9. The van der Waals surface area contributed by atoms with Gasteiger partial charge < -0.3 is 0 Å². The molecule has 0 aromatic rings. The average Bonchev–Trinajstić information content (AvgIpc) is 2.46. The molecule has 1 saturated carbocycles. The fourth-order valence-electron chi connectivity index (χ4n) is 4.75. The average molecular weight is 434 g/mol. The molecular formula is C19H30Br2O. The van der Waals surface area contributed by atoms with Crippen molar-refractivity contribution in [2.24, 2.45) is 41.4 Å². The van der Waals surface area contributed by atoms with Gasteiger partial charge in [-0.3, -0.25) is 4.79 Å². The van der Waals surface area contributed by atoms with E-state index in [-0.39, 0.29) is 0 Å². The normalized spacial score (nSPS) is 35.0. The van der Waals surface area contributed by atoms with Gasteiger partial charge in [-0.2, -0.15) is 0 Å². The lowest BCUT2D eigenvalue weighted by molar-refractivity contribution is -0.126. The van der Waals surface area contributed by atoms with E-state index in [2.05, 4.69) is 65.6 Å². The lowest BCUT2D eigenvalue weighted by atomic mass is 9.57. The van der Waals surface area contributed by atoms with Crippen LogP contribution in [0.25, 0.3) is 0 Å². The van der Waals surface area contributed by atoms with Crippen molar-refractivity contribution >= 4 is 37.6 Å². The summed E-state index contributed by atoms with van der Waals surface area (Å²) in [4.78, 5) is 12.4. The fraction of sp³-hybridized carbons (Fsp3) is 0.842. The van der Waals surface area contributed by atoms with Crippen LogP contribution in [0.15, 0.2) is 11.6 Å². The van der Waals surface area contributed by atoms with E-state index in [0.29, 0.717) is 47.2 Å². The largest absolute Gasteiger partial charge is 0.300 e. The molecule has 0 aliphatic heterocycles. The Labute approximate surface area is 153 Å². The first kappa shape index (κ1) is 18.7. The van der Waals surface area contributed by atoms with Crippen LogP contribution in [0.4, 0.5) is 0 Å². The Bertz CT molecular complexity index is 429. The van der Waals surface area contributed by atoms with Crippen molar-refractivity contribution in [1.82, 2.24) is 0 Å². The van der Waals surface area contributed by atoms with Gasteiger partial charge >= 0.3 is 0 Å². The topological polar surface area (TPSA) is 17.1 Å². The molecule has 0 spiro atoms. The van der Waals surface area contributed by atoms with E-state index in [1.54, 1.807) is 5.57 Å². The molecule has 1 fully saturated rings. The third-order valence-corrected chi connectivity index (χ3v) is 7.83. The molecule has 0 saturated heterocycles. The van der Waals surface area contributed by atoms with Crippen molar-refractivity contribution in [3.05, 3.63) is 11.6 Å². The van der Waals surface area contributed by atoms with Gasteiger partial charge in [0.2, 0.25) is 0 Å². The number of allylic oxidation sites excluding steroid dienone is 2. The summed E-state index contributed by atoms with van der Waals surface area (Å²) in [6, 6.07) is 0. The minimum absolute atomic E-state index is 0.495. The molecule has 0 heterocycles. The first-order valence-electron chi connectivity index (χ1n) is 8.69. The van der Waals surface area contributed by atoms with Crippen molar-refractivity contribution in [2.75, 3.05) is 10.7 Å². The van der Waals surface area contributed by atoms with E-state index in [4.69, 9.17) is 0 Å². The maximum Gasteiger partial charge on any atom is 0.133 e. The van der Waals surface area contributed by atoms with Crippen molar-refractivity contribution in [2.45, 2.75) is 47.0 Å². The Balaban J connectivity index is 2.33. The van der Waals surface area contributed by atoms with E-state index in [1.807, 2.05) is 0 Å². The van der Waals surface area contributed by atoms with E-state index in [1.165, 1.54) is 6.42 Å². The van der Waals surface area contributed by atoms with Crippen LogP contribution in [0.1, 0.15) is 47.0 Å². The SMILES string of the molecule is CC1=C[C@@H]2[C@H]([C@H](C)CBr)CC(=O)C[C@@H]2[C@H]([C@H](CBr)C(C)C)C1. The summed E-state index contributed by atoms with van der Waals surface area (Å²) in [5.74, 6) is 4.73. The second kappa shape index (κ2) is 7.96. The number of Topliss-reactive ketones (excluding diaryl/α,β-unsaturated/α-hetero) is 1. The Morgan fingerprint density at radius 2 is 1.77 bits per heavy atom. The van der Waals surface area contributed by atoms with Crippen LogP contribution in [0.2, 0.25) is 0 Å². The molecule has 0 amide bonds. The number of carbonyl (C=O) groups is 1. The molecule has 22 heavy (non-hydrogen) atoms. The lowest BCUT2D eigenvalue weighted by Crippen LogP contribution is -2.44. The molecule has 2 aliphatic rings. The zero-order valence-corrected chi connectivity index (χ0v) is 17.5. The predicted octanol–water partition coefficient (Wildman–Crippen LogP) is 5.86. The van der Waals surface area contributed by atoms with Crippen molar-refractivity contribution < 1.29 is 4.79 Å². The summed E-state index contributed by atoms with van der Waals surface area (Å²) < 4.78 is 0. The highest BCUT2D eigenvalue weighted by Gasteiger charge is 2.45. The van der Waals surface area contributed by atoms with Crippen LogP contribution >= 0.6 is 31.9 Å². The molecule has 2 aliphatic carbocycles. The first-order chi connectivity index (χ1) is 10.4. The van der Waals surface area contributed by atoms with Gasteiger partial charge in [0.15, 0.2) is 0 Å². The van der Waals surface area contributed by atoms with Crippen molar-refractivity contribution in [1.29, 1.82) is 0 Å². The summed E-state index contributed by atoms with van der Waals surface area (Å²) in [7, 11) is 0. The molecule has 2 rings (SSSR count). The summed E-state index contributed by atoms with van der Waals surface area (Å²) >= 11 is 7.39. The Morgan fingerprint density at radius 3 is 2.32 bits per heavy atom. The quantitative estimate of drug-likeness (QED) is 0.391. The molecule has 0 bridgehead atoms. The van der Waals surface area contributed by atoms with Gasteiger partial charge in [0.05, 0.1) is 0 Å². The van der Waals surface area contributed by atoms with Gasteiger partial charge in [-0.05, 0) is 54.8 Å². The maximum absolute atomic E-state index is 12.4. The third-order valence-electron chi connectivity index (χ3n) is 6.06. The molecule has 0 unspecified atom stereocenters. The maximum atomic E-state index is 12.4.